The van der Waals surface area contributed by atoms with Crippen molar-refractivity contribution in [3.8, 4) is 5.75 Å². The summed E-state index contributed by atoms with van der Waals surface area (Å²) in [7, 11) is 0. The molecule has 3 rings (SSSR count). The van der Waals surface area contributed by atoms with Crippen molar-refractivity contribution in [1.29, 1.82) is 0 Å². The van der Waals surface area contributed by atoms with E-state index in [4.69, 9.17) is 10.5 Å². The summed E-state index contributed by atoms with van der Waals surface area (Å²) in [5.41, 5.74) is 8.32. The average molecular weight is 429 g/mol. The Bertz CT molecular complexity index is 1060. The third-order valence-electron chi connectivity index (χ3n) is 4.02. The zero-order valence-corrected chi connectivity index (χ0v) is 16.6. The zero-order valence-electron chi connectivity index (χ0n) is 15.8. The quantitative estimate of drug-likeness (QED) is 0.241. The lowest BCUT2D eigenvalue weighted by Crippen LogP contribution is -2.06. The van der Waals surface area contributed by atoms with Gasteiger partial charge in [0.1, 0.15) is 6.61 Å². The lowest BCUT2D eigenvalue weighted by molar-refractivity contribution is 0.281. The van der Waals surface area contributed by atoms with Crippen molar-refractivity contribution < 1.29 is 17.9 Å². The Morgan fingerprint density at radius 1 is 0.933 bits per heavy atom. The molecule has 0 aliphatic carbocycles. The van der Waals surface area contributed by atoms with Gasteiger partial charge in [-0.25, -0.2) is 8.78 Å². The molecule has 0 heterocycles. The number of hydrogen-bond acceptors (Lipinski definition) is 4. The molecule has 0 aliphatic rings. The summed E-state index contributed by atoms with van der Waals surface area (Å²) in [6, 6.07) is 18.8. The molecule has 8 heteroatoms. The lowest BCUT2D eigenvalue weighted by Gasteiger charge is -2.10. The normalized spacial score (nSPS) is 11.8. The van der Waals surface area contributed by atoms with Crippen LogP contribution in [0.3, 0.4) is 0 Å². The van der Waals surface area contributed by atoms with E-state index in [1.807, 2.05) is 30.3 Å². The summed E-state index contributed by atoms with van der Waals surface area (Å²) in [5.74, 6) is -3.90. The fourth-order valence-electron chi connectivity index (χ4n) is 2.48. The van der Waals surface area contributed by atoms with Crippen LogP contribution in [0.5, 0.6) is 5.75 Å². The highest BCUT2D eigenvalue weighted by Crippen LogP contribution is 2.23. The molecule has 0 saturated carbocycles. The van der Waals surface area contributed by atoms with Crippen LogP contribution in [0.15, 0.2) is 76.9 Å². The highest BCUT2D eigenvalue weighted by Gasteiger charge is 2.14. The summed E-state index contributed by atoms with van der Waals surface area (Å²) in [6.07, 6.45) is 1.50. The van der Waals surface area contributed by atoms with Gasteiger partial charge in [0.15, 0.2) is 22.6 Å². The second-order valence-electron chi connectivity index (χ2n) is 6.12. The summed E-state index contributed by atoms with van der Waals surface area (Å²) in [6.45, 7) is -0.0634. The van der Waals surface area contributed by atoms with Gasteiger partial charge in [-0.15, -0.1) is 5.10 Å². The van der Waals surface area contributed by atoms with Crippen LogP contribution in [0.1, 0.15) is 16.7 Å². The fraction of sp³-hybridized carbons (Fsp3) is 0.0909. The first-order chi connectivity index (χ1) is 14.5. The van der Waals surface area contributed by atoms with Crippen molar-refractivity contribution in [3.63, 3.8) is 0 Å². The molecule has 0 saturated heterocycles. The molecule has 2 N–H and O–H groups in total. The molecule has 0 fully saturated rings. The van der Waals surface area contributed by atoms with Gasteiger partial charge in [-0.05, 0) is 23.3 Å². The molecule has 0 amide bonds. The smallest absolute Gasteiger partial charge is 0.203 e. The van der Waals surface area contributed by atoms with Crippen molar-refractivity contribution in [2.75, 3.05) is 0 Å². The van der Waals surface area contributed by atoms with Gasteiger partial charge in [-0.2, -0.15) is 9.49 Å². The summed E-state index contributed by atoms with van der Waals surface area (Å²) >= 11 is 1.36. The lowest BCUT2D eigenvalue weighted by atomic mass is 10.1. The van der Waals surface area contributed by atoms with E-state index in [0.29, 0.717) is 22.0 Å². The van der Waals surface area contributed by atoms with Crippen molar-refractivity contribution in [2.45, 2.75) is 12.4 Å². The van der Waals surface area contributed by atoms with E-state index in [-0.39, 0.29) is 12.4 Å². The van der Waals surface area contributed by atoms with Crippen LogP contribution in [0.4, 0.5) is 13.2 Å². The maximum atomic E-state index is 13.8. The maximum Gasteiger partial charge on any atom is 0.203 e. The Kier molecular flexibility index (Phi) is 7.51. The molecule has 0 aliphatic heterocycles. The molecule has 3 aromatic rings. The van der Waals surface area contributed by atoms with E-state index in [2.05, 4.69) is 10.2 Å². The molecule has 30 heavy (non-hydrogen) atoms. The summed E-state index contributed by atoms with van der Waals surface area (Å²) in [4.78, 5) is 0. The number of rotatable bonds is 7. The van der Waals surface area contributed by atoms with E-state index in [9.17, 15) is 13.2 Å². The molecule has 4 nitrogen and oxygen atoms in total. The highest BCUT2D eigenvalue weighted by atomic mass is 32.2. The number of nitrogens with zero attached hydrogens (tertiary/aromatic N) is 2. The first kappa shape index (κ1) is 21.4. The van der Waals surface area contributed by atoms with Gasteiger partial charge in [0.05, 0.1) is 6.21 Å². The Morgan fingerprint density at radius 3 is 2.47 bits per heavy atom. The van der Waals surface area contributed by atoms with Crippen molar-refractivity contribution >= 4 is 23.1 Å². The minimum absolute atomic E-state index is 0.0634. The SMILES string of the molecule is NC(=NN=Cc1ccccc1COc1ccc(F)c(F)c1F)SCc1ccccc1. The molecule has 0 atom stereocenters. The molecular weight excluding hydrogens is 411 g/mol. The van der Waals surface area contributed by atoms with Gasteiger partial charge in [0, 0.05) is 11.3 Å². The fourth-order valence-corrected chi connectivity index (χ4v) is 3.09. The van der Waals surface area contributed by atoms with Crippen LogP contribution in [0.25, 0.3) is 0 Å². The number of nitrogens with two attached hydrogens (primary N) is 1. The predicted octanol–water partition coefficient (Wildman–Crippen LogP) is 5.26. The highest BCUT2D eigenvalue weighted by molar-refractivity contribution is 8.13. The molecule has 0 unspecified atom stereocenters. The standard InChI is InChI=1S/C22H18F3N3OS/c23-18-10-11-19(21(25)20(18)24)29-13-17-9-5-4-8-16(17)12-27-28-22(26)30-14-15-6-2-1-3-7-15/h1-12H,13-14H2,(H2,26,28). The van der Waals surface area contributed by atoms with Gasteiger partial charge in [-0.3, -0.25) is 0 Å². The monoisotopic (exact) mass is 429 g/mol. The largest absolute Gasteiger partial charge is 0.486 e. The van der Waals surface area contributed by atoms with Crippen LogP contribution in [-0.4, -0.2) is 11.4 Å². The minimum Gasteiger partial charge on any atom is -0.486 e. The van der Waals surface area contributed by atoms with Crippen LogP contribution >= 0.6 is 11.8 Å². The van der Waals surface area contributed by atoms with Gasteiger partial charge in [0.2, 0.25) is 5.82 Å². The first-order valence-electron chi connectivity index (χ1n) is 8.92. The van der Waals surface area contributed by atoms with Crippen LogP contribution in [0.2, 0.25) is 0 Å². The van der Waals surface area contributed by atoms with E-state index < -0.39 is 17.5 Å². The van der Waals surface area contributed by atoms with Crippen LogP contribution < -0.4 is 10.5 Å². The molecular formula is C22H18F3N3OS. The number of halogens is 3. The number of thioether (sulfide) groups is 1. The summed E-state index contributed by atoms with van der Waals surface area (Å²) < 4.78 is 45.4. The van der Waals surface area contributed by atoms with Gasteiger partial charge in [-0.1, -0.05) is 66.4 Å². The third-order valence-corrected chi connectivity index (χ3v) is 4.88. The van der Waals surface area contributed by atoms with E-state index in [1.54, 1.807) is 24.3 Å². The van der Waals surface area contributed by atoms with Crippen molar-refractivity contribution in [2.24, 2.45) is 15.9 Å². The number of benzene rings is 3. The summed E-state index contributed by atoms with van der Waals surface area (Å²) in [5, 5.41) is 8.27. The van der Waals surface area contributed by atoms with Crippen LogP contribution in [0, 0.1) is 17.5 Å². The Morgan fingerprint density at radius 2 is 1.67 bits per heavy atom. The zero-order chi connectivity index (χ0) is 21.3. The first-order valence-corrected chi connectivity index (χ1v) is 9.90. The second kappa shape index (κ2) is 10.5. The topological polar surface area (TPSA) is 60.0 Å². The van der Waals surface area contributed by atoms with E-state index >= 15 is 0 Å². The van der Waals surface area contributed by atoms with Crippen molar-refractivity contribution in [1.82, 2.24) is 0 Å². The number of ether oxygens (including phenoxy) is 1. The Balaban J connectivity index is 1.62. The van der Waals surface area contributed by atoms with Gasteiger partial charge < -0.3 is 10.5 Å². The van der Waals surface area contributed by atoms with Crippen molar-refractivity contribution in [3.05, 3.63) is 101 Å². The third kappa shape index (κ3) is 5.87. The molecule has 0 bridgehead atoms. The Labute approximate surface area is 176 Å². The molecule has 0 radical (unpaired) electrons. The molecule has 0 spiro atoms. The number of hydrogen-bond donors (Lipinski definition) is 1. The van der Waals surface area contributed by atoms with E-state index in [1.165, 1.54) is 18.0 Å². The second-order valence-corrected chi connectivity index (χ2v) is 7.11. The van der Waals surface area contributed by atoms with Crippen LogP contribution in [-0.2, 0) is 12.4 Å². The number of amidine groups is 1. The molecule has 3 aromatic carbocycles. The maximum absolute atomic E-state index is 13.8. The molecule has 0 aromatic heterocycles. The van der Waals surface area contributed by atoms with E-state index in [0.717, 1.165) is 17.7 Å². The van der Waals surface area contributed by atoms with Gasteiger partial charge >= 0.3 is 0 Å². The van der Waals surface area contributed by atoms with Gasteiger partial charge in [0.25, 0.3) is 0 Å². The minimum atomic E-state index is -1.57. The Hall–Kier alpha value is -3.26. The predicted molar refractivity (Wildman–Crippen MR) is 114 cm³/mol. The molecule has 154 valence electrons. The average Bonchev–Trinajstić information content (AvgIpc) is 2.77.